The molecule has 6 rings (SSSR count). The van der Waals surface area contributed by atoms with Gasteiger partial charge in [-0.05, 0) is 23.8 Å². The topological polar surface area (TPSA) is 88.1 Å². The number of H-pyrrole nitrogens is 1. The fraction of sp³-hybridized carbons (Fsp3) is 0.318. The lowest BCUT2D eigenvalue weighted by molar-refractivity contribution is 0.0367. The summed E-state index contributed by atoms with van der Waals surface area (Å²) < 4.78 is 7.49. The first-order valence-electron chi connectivity index (χ1n) is 10.2. The number of aryl methyl sites for hydroxylation is 1. The number of piperidine rings is 1. The largest absolute Gasteiger partial charge is 0.441 e. The van der Waals surface area contributed by atoms with E-state index in [1.807, 2.05) is 30.3 Å². The van der Waals surface area contributed by atoms with Crippen LogP contribution in [0.25, 0.3) is 33.1 Å². The Morgan fingerprint density at radius 2 is 2.03 bits per heavy atom. The second-order valence-corrected chi connectivity index (χ2v) is 8.22. The van der Waals surface area contributed by atoms with E-state index in [-0.39, 0.29) is 11.7 Å². The molecule has 2 saturated heterocycles. The molecule has 0 radical (unpaired) electrons. The molecule has 0 unspecified atom stereocenters. The van der Waals surface area contributed by atoms with E-state index in [4.69, 9.17) is 4.74 Å². The van der Waals surface area contributed by atoms with E-state index in [0.717, 1.165) is 59.0 Å². The number of pyridine rings is 1. The van der Waals surface area contributed by atoms with Crippen LogP contribution in [0.2, 0.25) is 0 Å². The zero-order chi connectivity index (χ0) is 20.3. The first-order chi connectivity index (χ1) is 14.6. The highest BCUT2D eigenvalue weighted by Gasteiger charge is 2.43. The fourth-order valence-electron chi connectivity index (χ4n) is 4.80. The highest BCUT2D eigenvalue weighted by Crippen LogP contribution is 2.40. The maximum atomic E-state index is 11.6. The number of ether oxygens (including phenoxy) is 1. The molecular weight excluding hydrogens is 380 g/mol. The minimum atomic E-state index is -0.368. The van der Waals surface area contributed by atoms with E-state index in [1.54, 1.807) is 0 Å². The van der Waals surface area contributed by atoms with Gasteiger partial charge in [0.15, 0.2) is 0 Å². The van der Waals surface area contributed by atoms with E-state index >= 15 is 0 Å². The number of nitrogens with zero attached hydrogens (tertiary/aromatic N) is 4. The van der Waals surface area contributed by atoms with E-state index in [1.165, 1.54) is 5.69 Å². The second kappa shape index (κ2) is 6.22. The van der Waals surface area contributed by atoms with Gasteiger partial charge >= 0.3 is 6.09 Å². The summed E-state index contributed by atoms with van der Waals surface area (Å²) in [5.74, 6) is 0. The molecule has 8 nitrogen and oxygen atoms in total. The molecule has 2 aliphatic rings. The molecule has 0 bridgehead atoms. The predicted molar refractivity (Wildman–Crippen MR) is 114 cm³/mol. The quantitative estimate of drug-likeness (QED) is 0.538. The number of carbonyl (C=O) groups excluding carboxylic acids is 1. The molecule has 3 aromatic heterocycles. The van der Waals surface area contributed by atoms with Crippen molar-refractivity contribution in [2.45, 2.75) is 18.4 Å². The minimum absolute atomic E-state index is 0.300. The molecule has 0 saturated carbocycles. The van der Waals surface area contributed by atoms with Crippen LogP contribution in [0.1, 0.15) is 12.8 Å². The van der Waals surface area contributed by atoms with Crippen LogP contribution in [-0.4, -0.2) is 51.1 Å². The summed E-state index contributed by atoms with van der Waals surface area (Å²) in [5.41, 5.74) is 5.02. The smallest absolute Gasteiger partial charge is 0.407 e. The number of carbonyl (C=O) groups is 1. The molecule has 2 N–H and O–H groups in total. The van der Waals surface area contributed by atoms with Crippen LogP contribution in [0.4, 0.5) is 10.5 Å². The van der Waals surface area contributed by atoms with E-state index in [2.05, 4.69) is 49.5 Å². The molecule has 1 spiro atoms. The molecule has 30 heavy (non-hydrogen) atoms. The predicted octanol–water partition coefficient (Wildman–Crippen LogP) is 3.20. The van der Waals surface area contributed by atoms with Crippen molar-refractivity contribution in [3.8, 4) is 11.1 Å². The van der Waals surface area contributed by atoms with Gasteiger partial charge in [0.1, 0.15) is 11.2 Å². The summed E-state index contributed by atoms with van der Waals surface area (Å²) in [5, 5.41) is 9.40. The normalized spacial score (nSPS) is 18.3. The maximum absolute atomic E-state index is 11.6. The summed E-state index contributed by atoms with van der Waals surface area (Å²) >= 11 is 0. The van der Waals surface area contributed by atoms with Crippen molar-refractivity contribution in [2.24, 2.45) is 7.05 Å². The van der Waals surface area contributed by atoms with E-state index < -0.39 is 0 Å². The Morgan fingerprint density at radius 3 is 2.83 bits per heavy atom. The summed E-state index contributed by atoms with van der Waals surface area (Å²) in [7, 11) is 1.95. The van der Waals surface area contributed by atoms with Crippen LogP contribution >= 0.6 is 0 Å². The van der Waals surface area contributed by atoms with Gasteiger partial charge in [0, 0.05) is 61.7 Å². The van der Waals surface area contributed by atoms with Crippen LogP contribution in [0, 0.1) is 0 Å². The van der Waals surface area contributed by atoms with Gasteiger partial charge in [-0.25, -0.2) is 9.78 Å². The van der Waals surface area contributed by atoms with E-state index in [0.29, 0.717) is 6.54 Å². The first kappa shape index (κ1) is 17.3. The van der Waals surface area contributed by atoms with Crippen molar-refractivity contribution >= 4 is 33.7 Å². The molecule has 2 fully saturated rings. The Labute approximate surface area is 172 Å². The molecule has 152 valence electrons. The zero-order valence-corrected chi connectivity index (χ0v) is 16.7. The summed E-state index contributed by atoms with van der Waals surface area (Å²) in [6.45, 7) is 2.24. The van der Waals surface area contributed by atoms with Crippen molar-refractivity contribution in [2.75, 3.05) is 24.5 Å². The first-order valence-corrected chi connectivity index (χ1v) is 10.2. The standard InChI is InChI=1S/C22H22N6O2/c1-27-18-3-2-14(10-15(18)11-26-27)17-12-24-20-16(4-7-23-20)19(17)28-8-5-22(6-9-28)13-25-21(29)30-22/h2-4,7,10-12H,5-6,8-9,13H2,1H3,(H,23,24)(H,25,29). The third kappa shape index (κ3) is 2.56. The number of nitrogens with one attached hydrogen (secondary N) is 2. The Bertz CT molecular complexity index is 1280. The van der Waals surface area contributed by atoms with Crippen molar-refractivity contribution in [1.29, 1.82) is 0 Å². The minimum Gasteiger partial charge on any atom is -0.441 e. The molecular formula is C22H22N6O2. The third-order valence-electron chi connectivity index (χ3n) is 6.47. The lowest BCUT2D eigenvalue weighted by atomic mass is 9.90. The fourth-order valence-corrected chi connectivity index (χ4v) is 4.80. The van der Waals surface area contributed by atoms with Gasteiger partial charge < -0.3 is 19.9 Å². The number of aromatic amines is 1. The summed E-state index contributed by atoms with van der Waals surface area (Å²) in [6, 6.07) is 8.51. The SMILES string of the molecule is Cn1ncc2cc(-c3cnc4[nH]ccc4c3N3CCC4(CC3)CNC(=O)O4)ccc21. The molecule has 8 heteroatoms. The average Bonchev–Trinajstić information content (AvgIpc) is 3.47. The zero-order valence-electron chi connectivity index (χ0n) is 16.7. The number of anilines is 1. The molecule has 2 aliphatic heterocycles. The number of aromatic nitrogens is 4. The summed E-state index contributed by atoms with van der Waals surface area (Å²) in [4.78, 5) is 21.9. The van der Waals surface area contributed by atoms with Crippen molar-refractivity contribution < 1.29 is 9.53 Å². The monoisotopic (exact) mass is 402 g/mol. The molecule has 0 aliphatic carbocycles. The van der Waals surface area contributed by atoms with Crippen molar-refractivity contribution in [3.63, 3.8) is 0 Å². The van der Waals surface area contributed by atoms with Crippen LogP contribution in [0.3, 0.4) is 0 Å². The Hall–Kier alpha value is -3.55. The second-order valence-electron chi connectivity index (χ2n) is 8.22. The van der Waals surface area contributed by atoms with Gasteiger partial charge in [-0.15, -0.1) is 0 Å². The maximum Gasteiger partial charge on any atom is 0.407 e. The molecule has 5 heterocycles. The Kier molecular flexibility index (Phi) is 3.59. The number of benzene rings is 1. The van der Waals surface area contributed by atoms with Crippen LogP contribution in [0.15, 0.2) is 42.9 Å². The highest BCUT2D eigenvalue weighted by molar-refractivity contribution is 6.00. The van der Waals surface area contributed by atoms with Gasteiger partial charge in [0.05, 0.1) is 23.9 Å². The number of alkyl carbamates (subject to hydrolysis) is 1. The molecule has 1 aromatic carbocycles. The lowest BCUT2D eigenvalue weighted by Gasteiger charge is -2.39. The Morgan fingerprint density at radius 1 is 1.17 bits per heavy atom. The van der Waals surface area contributed by atoms with Gasteiger partial charge in [-0.3, -0.25) is 4.68 Å². The molecule has 0 atom stereocenters. The number of hydrogen-bond acceptors (Lipinski definition) is 5. The van der Waals surface area contributed by atoms with Crippen LogP contribution in [0.5, 0.6) is 0 Å². The third-order valence-corrected chi connectivity index (χ3v) is 6.47. The lowest BCUT2D eigenvalue weighted by Crippen LogP contribution is -2.46. The van der Waals surface area contributed by atoms with Crippen molar-refractivity contribution in [3.05, 3.63) is 42.9 Å². The molecule has 4 aromatic rings. The van der Waals surface area contributed by atoms with Crippen molar-refractivity contribution in [1.82, 2.24) is 25.1 Å². The van der Waals surface area contributed by atoms with Gasteiger partial charge in [-0.2, -0.15) is 5.10 Å². The van der Waals surface area contributed by atoms with E-state index in [9.17, 15) is 4.79 Å². The molecule has 1 amide bonds. The number of amides is 1. The van der Waals surface area contributed by atoms with Crippen LogP contribution in [-0.2, 0) is 11.8 Å². The van der Waals surface area contributed by atoms with Gasteiger partial charge in [0.2, 0.25) is 0 Å². The Balaban J connectivity index is 1.43. The van der Waals surface area contributed by atoms with Gasteiger partial charge in [-0.1, -0.05) is 6.07 Å². The number of rotatable bonds is 2. The number of fused-ring (bicyclic) bond motifs is 2. The number of hydrogen-bond donors (Lipinski definition) is 2. The van der Waals surface area contributed by atoms with Crippen LogP contribution < -0.4 is 10.2 Å². The highest BCUT2D eigenvalue weighted by atomic mass is 16.6. The summed E-state index contributed by atoms with van der Waals surface area (Å²) in [6.07, 6.45) is 7.09. The van der Waals surface area contributed by atoms with Gasteiger partial charge in [0.25, 0.3) is 0 Å². The average molecular weight is 402 g/mol.